The molecule has 0 aliphatic carbocycles. The lowest BCUT2D eigenvalue weighted by atomic mass is 10.2. The molecule has 0 spiro atoms. The molecule has 0 amide bonds. The average molecular weight is 331 g/mol. The van der Waals surface area contributed by atoms with E-state index in [-0.39, 0.29) is 5.56 Å². The summed E-state index contributed by atoms with van der Waals surface area (Å²) in [5.41, 5.74) is 0.662. The van der Waals surface area contributed by atoms with E-state index < -0.39 is 0 Å². The van der Waals surface area contributed by atoms with Crippen molar-refractivity contribution in [1.82, 2.24) is 14.7 Å². The molecule has 1 rings (SSSR count). The lowest BCUT2D eigenvalue weighted by Gasteiger charge is -2.21. The number of aromatic nitrogens is 2. The highest BCUT2D eigenvalue weighted by Gasteiger charge is 2.11. The number of likely N-dealkylation sites (N-methyl/N-ethyl adjacent to an activating group) is 1. The highest BCUT2D eigenvalue weighted by atomic mass is 79.9. The first-order chi connectivity index (χ1) is 8.82. The van der Waals surface area contributed by atoms with Gasteiger partial charge in [0.25, 0.3) is 5.56 Å². The molecule has 19 heavy (non-hydrogen) atoms. The van der Waals surface area contributed by atoms with Crippen LogP contribution in [-0.4, -0.2) is 41.4 Å². The number of hydrogen-bond donors (Lipinski definition) is 1. The predicted octanol–water partition coefficient (Wildman–Crippen LogP) is 2.02. The van der Waals surface area contributed by atoms with Crippen molar-refractivity contribution >= 4 is 21.6 Å². The van der Waals surface area contributed by atoms with Gasteiger partial charge in [0.2, 0.25) is 0 Å². The molecule has 0 aliphatic heterocycles. The second-order valence-electron chi connectivity index (χ2n) is 5.45. The Morgan fingerprint density at radius 3 is 2.58 bits per heavy atom. The molecular formula is C13H23BrN4O. The fourth-order valence-electron chi connectivity index (χ4n) is 1.50. The van der Waals surface area contributed by atoms with E-state index >= 15 is 0 Å². The third kappa shape index (κ3) is 4.62. The van der Waals surface area contributed by atoms with Crippen molar-refractivity contribution in [2.24, 2.45) is 5.92 Å². The van der Waals surface area contributed by atoms with Crippen molar-refractivity contribution in [1.29, 1.82) is 0 Å². The van der Waals surface area contributed by atoms with Gasteiger partial charge in [0, 0.05) is 19.1 Å². The molecule has 0 saturated heterocycles. The summed E-state index contributed by atoms with van der Waals surface area (Å²) >= 11 is 3.36. The quantitative estimate of drug-likeness (QED) is 0.867. The van der Waals surface area contributed by atoms with Crippen LogP contribution in [0.1, 0.15) is 20.8 Å². The second kappa shape index (κ2) is 7.05. The van der Waals surface area contributed by atoms with Gasteiger partial charge in [0.05, 0.1) is 11.9 Å². The first-order valence-corrected chi connectivity index (χ1v) is 7.28. The Labute approximate surface area is 123 Å². The summed E-state index contributed by atoms with van der Waals surface area (Å²) in [6.45, 7) is 7.64. The van der Waals surface area contributed by atoms with E-state index in [1.54, 1.807) is 6.20 Å². The number of nitrogens with one attached hydrogen (secondary N) is 1. The van der Waals surface area contributed by atoms with E-state index in [0.29, 0.717) is 23.0 Å². The number of halogens is 1. The Hall–Kier alpha value is -0.880. The van der Waals surface area contributed by atoms with Gasteiger partial charge in [0.1, 0.15) is 4.47 Å². The van der Waals surface area contributed by atoms with Crippen LogP contribution < -0.4 is 10.9 Å². The van der Waals surface area contributed by atoms with Crippen LogP contribution in [0.15, 0.2) is 15.5 Å². The third-order valence-electron chi connectivity index (χ3n) is 2.99. The van der Waals surface area contributed by atoms with Gasteiger partial charge in [-0.15, -0.1) is 0 Å². The van der Waals surface area contributed by atoms with Gasteiger partial charge in [-0.05, 0) is 42.9 Å². The molecule has 0 saturated carbocycles. The van der Waals surface area contributed by atoms with E-state index in [1.807, 2.05) is 14.1 Å². The van der Waals surface area contributed by atoms with Crippen LogP contribution in [0.3, 0.4) is 0 Å². The van der Waals surface area contributed by atoms with Crippen LogP contribution in [0.2, 0.25) is 0 Å². The Bertz CT molecular complexity index is 470. The molecule has 0 radical (unpaired) electrons. The summed E-state index contributed by atoms with van der Waals surface area (Å²) < 4.78 is 2.05. The van der Waals surface area contributed by atoms with Crippen LogP contribution in [0.25, 0.3) is 0 Å². The number of hydrogen-bond acceptors (Lipinski definition) is 4. The van der Waals surface area contributed by atoms with Crippen molar-refractivity contribution < 1.29 is 0 Å². The Morgan fingerprint density at radius 1 is 1.42 bits per heavy atom. The predicted molar refractivity (Wildman–Crippen MR) is 82.7 cm³/mol. The highest BCUT2D eigenvalue weighted by molar-refractivity contribution is 9.10. The van der Waals surface area contributed by atoms with E-state index in [9.17, 15) is 4.79 Å². The molecule has 108 valence electrons. The molecule has 1 N–H and O–H groups in total. The Morgan fingerprint density at radius 2 is 2.05 bits per heavy atom. The molecule has 1 aromatic heterocycles. The van der Waals surface area contributed by atoms with Crippen LogP contribution in [0.4, 0.5) is 5.69 Å². The van der Waals surface area contributed by atoms with Gasteiger partial charge in [-0.3, -0.25) is 4.79 Å². The van der Waals surface area contributed by atoms with Gasteiger partial charge in [-0.1, -0.05) is 13.8 Å². The first kappa shape index (κ1) is 16.2. The lowest BCUT2D eigenvalue weighted by Crippen LogP contribution is -2.32. The second-order valence-corrected chi connectivity index (χ2v) is 6.24. The number of anilines is 1. The van der Waals surface area contributed by atoms with E-state index in [2.05, 4.69) is 52.0 Å². The molecule has 1 atom stereocenters. The molecule has 6 heteroatoms. The number of rotatable bonds is 6. The number of nitrogens with zero attached hydrogens (tertiary/aromatic N) is 3. The summed E-state index contributed by atoms with van der Waals surface area (Å²) in [5.74, 6) is 0.393. The minimum Gasteiger partial charge on any atom is -0.381 e. The van der Waals surface area contributed by atoms with Gasteiger partial charge >= 0.3 is 0 Å². The van der Waals surface area contributed by atoms with Crippen molar-refractivity contribution in [3.05, 3.63) is 21.0 Å². The van der Waals surface area contributed by atoms with Crippen molar-refractivity contribution in [3.8, 4) is 0 Å². The zero-order valence-corrected chi connectivity index (χ0v) is 13.9. The largest absolute Gasteiger partial charge is 0.381 e. The molecular weight excluding hydrogens is 308 g/mol. The SMILES string of the molecule is CC(C)Cn1ncc(NCC(C)N(C)C)c(Br)c1=O. The van der Waals surface area contributed by atoms with Crippen LogP contribution in [-0.2, 0) is 6.54 Å². The molecule has 1 aromatic rings. The zero-order chi connectivity index (χ0) is 14.6. The van der Waals surface area contributed by atoms with Crippen LogP contribution in [0.5, 0.6) is 0 Å². The summed E-state index contributed by atoms with van der Waals surface area (Å²) in [6, 6.07) is 0.380. The zero-order valence-electron chi connectivity index (χ0n) is 12.3. The highest BCUT2D eigenvalue weighted by Crippen LogP contribution is 2.16. The molecule has 0 aliphatic rings. The van der Waals surface area contributed by atoms with Crippen molar-refractivity contribution in [2.45, 2.75) is 33.4 Å². The molecule has 5 nitrogen and oxygen atoms in total. The Balaban J connectivity index is 2.82. The van der Waals surface area contributed by atoms with Crippen molar-refractivity contribution in [2.75, 3.05) is 26.0 Å². The fraction of sp³-hybridized carbons (Fsp3) is 0.692. The van der Waals surface area contributed by atoms with Gasteiger partial charge < -0.3 is 10.2 Å². The minimum atomic E-state index is -0.0868. The standard InChI is InChI=1S/C13H23BrN4O/c1-9(2)8-18-13(19)12(14)11(7-16-18)15-6-10(3)17(4)5/h7,9-10,15H,6,8H2,1-5H3. The molecule has 0 fully saturated rings. The summed E-state index contributed by atoms with van der Waals surface area (Å²) in [5, 5.41) is 7.45. The van der Waals surface area contributed by atoms with Gasteiger partial charge in [0.15, 0.2) is 0 Å². The van der Waals surface area contributed by atoms with Crippen LogP contribution >= 0.6 is 15.9 Å². The fourth-order valence-corrected chi connectivity index (χ4v) is 1.95. The summed E-state index contributed by atoms with van der Waals surface area (Å²) in [6.07, 6.45) is 1.70. The topological polar surface area (TPSA) is 50.2 Å². The van der Waals surface area contributed by atoms with E-state index in [0.717, 1.165) is 12.2 Å². The Kier molecular flexibility index (Phi) is 6.00. The molecule has 1 heterocycles. The normalized spacial score (nSPS) is 13.1. The van der Waals surface area contributed by atoms with Crippen molar-refractivity contribution in [3.63, 3.8) is 0 Å². The summed E-state index contributed by atoms with van der Waals surface area (Å²) in [7, 11) is 4.06. The van der Waals surface area contributed by atoms with Gasteiger partial charge in [-0.2, -0.15) is 5.10 Å². The van der Waals surface area contributed by atoms with E-state index in [4.69, 9.17) is 0 Å². The molecule has 0 aromatic carbocycles. The maximum absolute atomic E-state index is 12.1. The van der Waals surface area contributed by atoms with E-state index in [1.165, 1.54) is 4.68 Å². The average Bonchev–Trinajstić information content (AvgIpc) is 2.33. The summed E-state index contributed by atoms with van der Waals surface area (Å²) in [4.78, 5) is 14.2. The van der Waals surface area contributed by atoms with Crippen LogP contribution in [0, 0.1) is 5.92 Å². The molecule has 1 unspecified atom stereocenters. The smallest absolute Gasteiger partial charge is 0.283 e. The minimum absolute atomic E-state index is 0.0868. The maximum Gasteiger partial charge on any atom is 0.283 e. The lowest BCUT2D eigenvalue weighted by molar-refractivity contribution is 0.326. The first-order valence-electron chi connectivity index (χ1n) is 6.48. The van der Waals surface area contributed by atoms with Gasteiger partial charge in [-0.25, -0.2) is 4.68 Å². The monoisotopic (exact) mass is 330 g/mol. The third-order valence-corrected chi connectivity index (χ3v) is 3.76. The maximum atomic E-state index is 12.1. The molecule has 0 bridgehead atoms.